The zero-order chi connectivity index (χ0) is 28.0. The number of amidine groups is 1. The number of anilines is 1. The molecule has 38 heavy (non-hydrogen) atoms. The molecule has 1 aromatic heterocycles. The van der Waals surface area contributed by atoms with Gasteiger partial charge >= 0.3 is 24.1 Å². The highest BCUT2D eigenvalue weighted by molar-refractivity contribution is 7.22. The Hall–Kier alpha value is -4.20. The van der Waals surface area contributed by atoms with Crippen LogP contribution in [0.3, 0.4) is 0 Å². The van der Waals surface area contributed by atoms with Gasteiger partial charge in [-0.25, -0.2) is 14.6 Å². The lowest BCUT2D eigenvalue weighted by molar-refractivity contribution is -0.192. The highest BCUT2D eigenvalue weighted by Crippen LogP contribution is 2.32. The van der Waals surface area contributed by atoms with Crippen molar-refractivity contribution in [3.05, 3.63) is 53.6 Å². The summed E-state index contributed by atoms with van der Waals surface area (Å²) in [7, 11) is 1.42. The number of esters is 2. The molecule has 0 atom stereocenters. The molecule has 1 aliphatic rings. The number of carboxylic acids is 1. The fraction of sp³-hybridized carbons (Fsp3) is 0.292. The Morgan fingerprint density at radius 2 is 1.68 bits per heavy atom. The SMILES string of the molecule is COC(=O)C1CCN(c2nc3ccc(C(=O)Oc4ccc(C(=N)N)cc4)cc3s2)CC1.O=C(O)C(F)(F)F. The van der Waals surface area contributed by atoms with Crippen LogP contribution in [0.25, 0.3) is 10.2 Å². The Bertz CT molecular complexity index is 1340. The molecule has 14 heteroatoms. The van der Waals surface area contributed by atoms with Crippen LogP contribution in [0.5, 0.6) is 5.75 Å². The summed E-state index contributed by atoms with van der Waals surface area (Å²) < 4.78 is 42.9. The highest BCUT2D eigenvalue weighted by atomic mass is 32.1. The second kappa shape index (κ2) is 11.9. The van der Waals surface area contributed by atoms with E-state index in [-0.39, 0.29) is 17.7 Å². The lowest BCUT2D eigenvalue weighted by Crippen LogP contribution is -2.36. The molecule has 1 fully saturated rings. The number of carboxylic acid groups (broad SMARTS) is 1. The van der Waals surface area contributed by atoms with E-state index in [2.05, 4.69) is 9.88 Å². The molecule has 0 amide bonds. The maximum atomic E-state index is 12.6. The van der Waals surface area contributed by atoms with Crippen LogP contribution in [0.1, 0.15) is 28.8 Å². The molecular formula is C24H23F3N4O6S. The van der Waals surface area contributed by atoms with Crippen LogP contribution in [0.15, 0.2) is 42.5 Å². The minimum Gasteiger partial charge on any atom is -0.475 e. The molecule has 3 aromatic rings. The van der Waals surface area contributed by atoms with Crippen LogP contribution in [-0.4, -0.2) is 60.2 Å². The van der Waals surface area contributed by atoms with E-state index in [9.17, 15) is 22.8 Å². The predicted octanol–water partition coefficient (Wildman–Crippen LogP) is 3.82. The third kappa shape index (κ3) is 7.18. The monoisotopic (exact) mass is 552 g/mol. The van der Waals surface area contributed by atoms with E-state index in [1.807, 2.05) is 6.07 Å². The smallest absolute Gasteiger partial charge is 0.475 e. The third-order valence-corrected chi connectivity index (χ3v) is 6.61. The standard InChI is InChI=1S/C22H22N4O4S.C2HF3O2/c1-29-20(27)14-8-10-26(11-9-14)22-25-17-7-4-15(12-18(17)31-22)21(28)30-16-5-2-13(3-6-16)19(23)24;3-2(4,5)1(6)7/h2-7,12,14H,8-11H2,1H3,(H3,23,24);(H,6,7). The number of nitrogens with one attached hydrogen (secondary N) is 1. The molecule has 4 N–H and O–H groups in total. The molecule has 0 aliphatic carbocycles. The van der Waals surface area contributed by atoms with E-state index in [1.54, 1.807) is 36.4 Å². The number of benzene rings is 2. The van der Waals surface area contributed by atoms with Crippen LogP contribution in [0, 0.1) is 11.3 Å². The maximum absolute atomic E-state index is 12.6. The van der Waals surface area contributed by atoms with Gasteiger partial charge in [-0.1, -0.05) is 11.3 Å². The lowest BCUT2D eigenvalue weighted by Gasteiger charge is -2.30. The molecule has 0 unspecified atom stereocenters. The number of alkyl halides is 3. The van der Waals surface area contributed by atoms with Gasteiger partial charge in [0.25, 0.3) is 0 Å². The predicted molar refractivity (Wildman–Crippen MR) is 133 cm³/mol. The van der Waals surface area contributed by atoms with Crippen LogP contribution in [-0.2, 0) is 14.3 Å². The number of nitrogens with zero attached hydrogens (tertiary/aromatic N) is 2. The number of piperidine rings is 1. The summed E-state index contributed by atoms with van der Waals surface area (Å²) in [6.45, 7) is 1.48. The number of hydrogen-bond donors (Lipinski definition) is 3. The minimum absolute atomic E-state index is 0.0427. The van der Waals surface area contributed by atoms with Gasteiger partial charge in [0.1, 0.15) is 11.6 Å². The average molecular weight is 553 g/mol. The Morgan fingerprint density at radius 1 is 1.11 bits per heavy atom. The molecule has 0 saturated carbocycles. The number of nitrogens with two attached hydrogens (primary N) is 1. The van der Waals surface area contributed by atoms with Gasteiger partial charge in [0.15, 0.2) is 5.13 Å². The van der Waals surface area contributed by atoms with E-state index in [4.69, 9.17) is 30.5 Å². The molecule has 0 bridgehead atoms. The number of carbonyl (C=O) groups is 3. The van der Waals surface area contributed by atoms with Gasteiger partial charge in [-0.05, 0) is 55.3 Å². The number of carbonyl (C=O) groups excluding carboxylic acids is 2. The van der Waals surface area contributed by atoms with Crippen molar-refractivity contribution in [2.45, 2.75) is 19.0 Å². The Labute approximate surface area is 218 Å². The lowest BCUT2D eigenvalue weighted by atomic mass is 9.97. The number of rotatable bonds is 5. The second-order valence-electron chi connectivity index (χ2n) is 8.09. The van der Waals surface area contributed by atoms with E-state index in [0.717, 1.165) is 41.3 Å². The first kappa shape index (κ1) is 28.4. The molecule has 202 valence electrons. The van der Waals surface area contributed by atoms with E-state index in [0.29, 0.717) is 16.9 Å². The normalized spacial score (nSPS) is 13.8. The summed E-state index contributed by atoms with van der Waals surface area (Å²) in [6.07, 6.45) is -3.61. The zero-order valence-electron chi connectivity index (χ0n) is 19.9. The molecule has 0 radical (unpaired) electrons. The molecule has 0 spiro atoms. The molecule has 10 nitrogen and oxygen atoms in total. The first-order valence-corrected chi connectivity index (χ1v) is 11.9. The van der Waals surface area contributed by atoms with Crippen molar-refractivity contribution in [1.29, 1.82) is 5.41 Å². The number of aromatic nitrogens is 1. The zero-order valence-corrected chi connectivity index (χ0v) is 20.8. The summed E-state index contributed by atoms with van der Waals surface area (Å²) >= 11 is 1.52. The summed E-state index contributed by atoms with van der Waals surface area (Å²) in [5, 5.41) is 15.4. The fourth-order valence-corrected chi connectivity index (χ4v) is 4.57. The summed E-state index contributed by atoms with van der Waals surface area (Å²) in [4.78, 5) is 40.0. The first-order valence-electron chi connectivity index (χ1n) is 11.1. The van der Waals surface area contributed by atoms with E-state index < -0.39 is 18.1 Å². The Kier molecular flexibility index (Phi) is 8.88. The van der Waals surface area contributed by atoms with Crippen molar-refractivity contribution in [2.24, 2.45) is 11.7 Å². The molecule has 2 heterocycles. The summed E-state index contributed by atoms with van der Waals surface area (Å²) in [6, 6.07) is 11.8. The molecule has 2 aromatic carbocycles. The second-order valence-corrected chi connectivity index (χ2v) is 9.10. The van der Waals surface area contributed by atoms with Crippen LogP contribution in [0.2, 0.25) is 0 Å². The van der Waals surface area contributed by atoms with Crippen molar-refractivity contribution >= 4 is 50.4 Å². The summed E-state index contributed by atoms with van der Waals surface area (Å²) in [5.74, 6) is -3.09. The number of ether oxygens (including phenoxy) is 2. The van der Waals surface area contributed by atoms with Crippen molar-refractivity contribution < 1.29 is 42.1 Å². The number of halogens is 3. The largest absolute Gasteiger partial charge is 0.490 e. The first-order chi connectivity index (χ1) is 17.9. The fourth-order valence-electron chi connectivity index (χ4n) is 3.52. The average Bonchev–Trinajstić information content (AvgIpc) is 3.32. The van der Waals surface area contributed by atoms with Gasteiger partial charge in [0.2, 0.25) is 0 Å². The van der Waals surface area contributed by atoms with Gasteiger partial charge in [0, 0.05) is 18.7 Å². The third-order valence-electron chi connectivity index (χ3n) is 5.53. The van der Waals surface area contributed by atoms with Gasteiger partial charge < -0.3 is 25.2 Å². The quantitative estimate of drug-likeness (QED) is 0.185. The molecule has 4 rings (SSSR count). The molecule has 1 saturated heterocycles. The van der Waals surface area contributed by atoms with E-state index in [1.165, 1.54) is 18.4 Å². The Morgan fingerprint density at radius 3 is 2.21 bits per heavy atom. The van der Waals surface area contributed by atoms with Crippen molar-refractivity contribution in [3.63, 3.8) is 0 Å². The highest BCUT2D eigenvalue weighted by Gasteiger charge is 2.38. The summed E-state index contributed by atoms with van der Waals surface area (Å²) in [5.41, 5.74) is 7.25. The number of hydrogen-bond acceptors (Lipinski definition) is 9. The van der Waals surface area contributed by atoms with Gasteiger partial charge in [-0.2, -0.15) is 13.2 Å². The Balaban J connectivity index is 0.000000505. The van der Waals surface area contributed by atoms with Crippen LogP contribution in [0.4, 0.5) is 18.3 Å². The van der Waals surface area contributed by atoms with E-state index >= 15 is 0 Å². The number of thiazole rings is 1. The van der Waals surface area contributed by atoms with Crippen molar-refractivity contribution in [1.82, 2.24) is 4.98 Å². The van der Waals surface area contributed by atoms with Gasteiger partial charge in [0.05, 0.1) is 28.8 Å². The maximum Gasteiger partial charge on any atom is 0.490 e. The molecular weight excluding hydrogens is 529 g/mol. The molecule has 1 aliphatic heterocycles. The number of methoxy groups -OCH3 is 1. The number of aliphatic carboxylic acids is 1. The number of nitrogen functional groups attached to an aromatic ring is 1. The van der Waals surface area contributed by atoms with Gasteiger partial charge in [-0.15, -0.1) is 0 Å². The van der Waals surface area contributed by atoms with Crippen LogP contribution >= 0.6 is 11.3 Å². The van der Waals surface area contributed by atoms with Crippen LogP contribution < -0.4 is 15.4 Å². The van der Waals surface area contributed by atoms with Crippen molar-refractivity contribution in [2.75, 3.05) is 25.1 Å². The minimum atomic E-state index is -5.08. The van der Waals surface area contributed by atoms with Gasteiger partial charge in [-0.3, -0.25) is 10.2 Å². The number of fused-ring (bicyclic) bond motifs is 1. The van der Waals surface area contributed by atoms with Crippen molar-refractivity contribution in [3.8, 4) is 5.75 Å². The topological polar surface area (TPSA) is 156 Å².